The van der Waals surface area contributed by atoms with Crippen LogP contribution in [0.5, 0.6) is 0 Å². The Kier molecular flexibility index (Phi) is 7.04. The molecular formula is C14H18F3NO2S. The Morgan fingerprint density at radius 2 is 2.10 bits per heavy atom. The Morgan fingerprint density at radius 3 is 2.67 bits per heavy atom. The molecule has 0 unspecified atom stereocenters. The van der Waals surface area contributed by atoms with E-state index < -0.39 is 11.7 Å². The molecule has 0 atom stereocenters. The minimum atomic E-state index is -4.32. The highest BCUT2D eigenvalue weighted by atomic mass is 32.2. The third-order valence-electron chi connectivity index (χ3n) is 2.87. The maximum absolute atomic E-state index is 12.6. The van der Waals surface area contributed by atoms with Crippen LogP contribution in [0.4, 0.5) is 13.2 Å². The van der Waals surface area contributed by atoms with Gasteiger partial charge in [-0.25, -0.2) is 0 Å². The van der Waals surface area contributed by atoms with Crippen LogP contribution in [0.15, 0.2) is 29.2 Å². The number of carbonyl (C=O) groups is 1. The summed E-state index contributed by atoms with van der Waals surface area (Å²) in [5.74, 6) is 0.285. The van der Waals surface area contributed by atoms with Gasteiger partial charge in [0.25, 0.3) is 0 Å². The lowest BCUT2D eigenvalue weighted by molar-refractivity contribution is -0.142. The van der Waals surface area contributed by atoms with Crippen LogP contribution >= 0.6 is 11.8 Å². The first-order chi connectivity index (χ1) is 9.86. The Bertz CT molecular complexity index is 466. The van der Waals surface area contributed by atoms with Crippen molar-refractivity contribution in [2.24, 2.45) is 0 Å². The predicted molar refractivity (Wildman–Crippen MR) is 76.3 cm³/mol. The zero-order chi connectivity index (χ0) is 15.9. The van der Waals surface area contributed by atoms with Crippen molar-refractivity contribution in [2.45, 2.75) is 18.0 Å². The molecule has 7 heteroatoms. The second kappa shape index (κ2) is 8.29. The van der Waals surface area contributed by atoms with E-state index in [2.05, 4.69) is 4.74 Å². The van der Waals surface area contributed by atoms with Gasteiger partial charge in [-0.1, -0.05) is 13.0 Å². The fraction of sp³-hybridized carbons (Fsp3) is 0.500. The average Bonchev–Trinajstić information content (AvgIpc) is 2.45. The number of methoxy groups -OCH3 is 1. The lowest BCUT2D eigenvalue weighted by Crippen LogP contribution is -2.32. The molecular weight excluding hydrogens is 303 g/mol. The minimum absolute atomic E-state index is 0.191. The van der Waals surface area contributed by atoms with Gasteiger partial charge in [0.1, 0.15) is 0 Å². The molecule has 0 N–H and O–H groups in total. The Morgan fingerprint density at radius 1 is 1.38 bits per heavy atom. The van der Waals surface area contributed by atoms with Crippen molar-refractivity contribution in [1.29, 1.82) is 0 Å². The maximum Gasteiger partial charge on any atom is 0.416 e. The van der Waals surface area contributed by atoms with Crippen molar-refractivity contribution in [3.8, 4) is 0 Å². The number of rotatable bonds is 7. The van der Waals surface area contributed by atoms with Gasteiger partial charge < -0.3 is 4.74 Å². The summed E-state index contributed by atoms with van der Waals surface area (Å²) in [6.45, 7) is 3.39. The van der Waals surface area contributed by atoms with E-state index in [0.717, 1.165) is 12.1 Å². The molecule has 21 heavy (non-hydrogen) atoms. The summed E-state index contributed by atoms with van der Waals surface area (Å²) in [5, 5.41) is 0. The number of ether oxygens (including phenoxy) is 1. The molecule has 0 aliphatic carbocycles. The predicted octanol–water partition coefficient (Wildman–Crippen LogP) is 3.29. The molecule has 0 aliphatic heterocycles. The van der Waals surface area contributed by atoms with E-state index in [1.54, 1.807) is 6.07 Å². The molecule has 118 valence electrons. The summed E-state index contributed by atoms with van der Waals surface area (Å²) in [4.78, 5) is 13.6. The van der Waals surface area contributed by atoms with Gasteiger partial charge in [0.05, 0.1) is 19.2 Å². The SMILES string of the molecule is CCN(CCSc1cccc(C(F)(F)F)c1)CC(=O)OC. The number of benzene rings is 1. The van der Waals surface area contributed by atoms with E-state index >= 15 is 0 Å². The third kappa shape index (κ3) is 6.39. The van der Waals surface area contributed by atoms with Crippen LogP contribution in [0.1, 0.15) is 12.5 Å². The number of hydrogen-bond acceptors (Lipinski definition) is 4. The number of esters is 1. The van der Waals surface area contributed by atoms with E-state index in [4.69, 9.17) is 0 Å². The van der Waals surface area contributed by atoms with E-state index in [1.165, 1.54) is 24.9 Å². The summed E-state index contributed by atoms with van der Waals surface area (Å²) in [6, 6.07) is 5.24. The van der Waals surface area contributed by atoms with Crippen molar-refractivity contribution in [2.75, 3.05) is 32.5 Å². The molecule has 0 aliphatic rings. The number of halogens is 3. The molecule has 0 amide bonds. The molecule has 1 aromatic rings. The number of thioether (sulfide) groups is 1. The Balaban J connectivity index is 2.50. The van der Waals surface area contributed by atoms with Crippen LogP contribution < -0.4 is 0 Å². The smallest absolute Gasteiger partial charge is 0.416 e. The summed E-state index contributed by atoms with van der Waals surface area (Å²) >= 11 is 1.34. The van der Waals surface area contributed by atoms with Crippen LogP contribution in [-0.2, 0) is 15.7 Å². The number of nitrogens with zero attached hydrogens (tertiary/aromatic N) is 1. The molecule has 0 bridgehead atoms. The molecule has 0 saturated heterocycles. The first-order valence-corrected chi connectivity index (χ1v) is 7.44. The number of carbonyl (C=O) groups excluding carboxylic acids is 1. The molecule has 3 nitrogen and oxygen atoms in total. The Hall–Kier alpha value is -1.21. The monoisotopic (exact) mass is 321 g/mol. The van der Waals surface area contributed by atoms with Gasteiger partial charge in [-0.3, -0.25) is 9.69 Å². The van der Waals surface area contributed by atoms with Gasteiger partial charge in [0.15, 0.2) is 0 Å². The fourth-order valence-corrected chi connectivity index (χ4v) is 2.62. The number of likely N-dealkylation sites (N-methyl/N-ethyl adjacent to an activating group) is 1. The highest BCUT2D eigenvalue weighted by molar-refractivity contribution is 7.99. The van der Waals surface area contributed by atoms with Crippen LogP contribution in [0.3, 0.4) is 0 Å². The van der Waals surface area contributed by atoms with Gasteiger partial charge in [0.2, 0.25) is 0 Å². The molecule has 0 fully saturated rings. The Labute approximate surface area is 126 Å². The third-order valence-corrected chi connectivity index (χ3v) is 3.84. The molecule has 1 aromatic carbocycles. The van der Waals surface area contributed by atoms with Gasteiger partial charge in [-0.15, -0.1) is 11.8 Å². The largest absolute Gasteiger partial charge is 0.468 e. The van der Waals surface area contributed by atoms with Gasteiger partial charge in [0, 0.05) is 17.2 Å². The number of hydrogen-bond donors (Lipinski definition) is 0. The second-order valence-corrected chi connectivity index (χ2v) is 5.49. The summed E-state index contributed by atoms with van der Waals surface area (Å²) < 4.78 is 42.3. The van der Waals surface area contributed by atoms with Crippen LogP contribution in [0.25, 0.3) is 0 Å². The fourth-order valence-electron chi connectivity index (χ4n) is 1.65. The molecule has 0 saturated carbocycles. The summed E-state index contributed by atoms with van der Waals surface area (Å²) in [5.41, 5.74) is -0.644. The van der Waals surface area contributed by atoms with E-state index in [-0.39, 0.29) is 12.5 Å². The average molecular weight is 321 g/mol. The molecule has 0 heterocycles. The first-order valence-electron chi connectivity index (χ1n) is 6.46. The summed E-state index contributed by atoms with van der Waals surface area (Å²) in [6.07, 6.45) is -4.32. The molecule has 0 aromatic heterocycles. The standard InChI is InChI=1S/C14H18F3NO2S/c1-3-18(10-13(19)20-2)7-8-21-12-6-4-5-11(9-12)14(15,16)17/h4-6,9H,3,7-8,10H2,1-2H3. The van der Waals surface area contributed by atoms with Crippen LogP contribution in [0.2, 0.25) is 0 Å². The second-order valence-electron chi connectivity index (χ2n) is 4.32. The topological polar surface area (TPSA) is 29.5 Å². The van der Waals surface area contributed by atoms with E-state index in [1.807, 2.05) is 11.8 Å². The van der Waals surface area contributed by atoms with Gasteiger partial charge >= 0.3 is 12.1 Å². The molecule has 0 radical (unpaired) electrons. The normalized spacial score (nSPS) is 11.7. The van der Waals surface area contributed by atoms with Crippen molar-refractivity contribution in [3.63, 3.8) is 0 Å². The minimum Gasteiger partial charge on any atom is -0.468 e. The van der Waals surface area contributed by atoms with Gasteiger partial charge in [-0.2, -0.15) is 13.2 Å². The van der Waals surface area contributed by atoms with Gasteiger partial charge in [-0.05, 0) is 24.7 Å². The lowest BCUT2D eigenvalue weighted by Gasteiger charge is -2.18. The molecule has 1 rings (SSSR count). The maximum atomic E-state index is 12.6. The van der Waals surface area contributed by atoms with Crippen molar-refractivity contribution < 1.29 is 22.7 Å². The van der Waals surface area contributed by atoms with E-state index in [0.29, 0.717) is 23.7 Å². The highest BCUT2D eigenvalue weighted by Crippen LogP contribution is 2.31. The lowest BCUT2D eigenvalue weighted by atomic mass is 10.2. The highest BCUT2D eigenvalue weighted by Gasteiger charge is 2.30. The van der Waals surface area contributed by atoms with E-state index in [9.17, 15) is 18.0 Å². The zero-order valence-electron chi connectivity index (χ0n) is 11.9. The van der Waals surface area contributed by atoms with Crippen molar-refractivity contribution in [3.05, 3.63) is 29.8 Å². The quantitative estimate of drug-likeness (QED) is 0.569. The van der Waals surface area contributed by atoms with Crippen molar-refractivity contribution in [1.82, 2.24) is 4.90 Å². The zero-order valence-corrected chi connectivity index (χ0v) is 12.8. The van der Waals surface area contributed by atoms with Crippen molar-refractivity contribution >= 4 is 17.7 Å². The summed E-state index contributed by atoms with van der Waals surface area (Å²) in [7, 11) is 1.33. The van der Waals surface area contributed by atoms with Crippen LogP contribution in [-0.4, -0.2) is 43.4 Å². The molecule has 0 spiro atoms. The first kappa shape index (κ1) is 17.8. The number of alkyl halides is 3. The van der Waals surface area contributed by atoms with Crippen LogP contribution in [0, 0.1) is 0 Å².